The molecule has 0 fully saturated rings. The molecule has 110 valence electrons. The molecule has 0 aliphatic carbocycles. The Morgan fingerprint density at radius 3 is 1.11 bits per heavy atom. The van der Waals surface area contributed by atoms with Gasteiger partial charge in [0.05, 0.1) is 0 Å². The normalized spacial score (nSPS) is 15.0. The lowest BCUT2D eigenvalue weighted by Crippen LogP contribution is -2.60. The molecule has 0 aromatic rings. The van der Waals surface area contributed by atoms with E-state index in [1.54, 1.807) is 0 Å². The first-order valence-corrected chi connectivity index (χ1v) is 15.9. The molecule has 0 aromatic heterocycles. The Labute approximate surface area is 116 Å². The van der Waals surface area contributed by atoms with Crippen molar-refractivity contribution >= 4 is 25.0 Å². The van der Waals surface area contributed by atoms with Crippen molar-refractivity contribution in [2.75, 3.05) is 0 Å². The van der Waals surface area contributed by atoms with E-state index in [1.165, 1.54) is 0 Å². The van der Waals surface area contributed by atoms with E-state index >= 15 is 0 Å². The lowest BCUT2D eigenvalue weighted by atomic mass is 10.3. The van der Waals surface area contributed by atoms with Crippen molar-refractivity contribution in [3.8, 4) is 0 Å². The molecule has 0 aliphatic rings. The maximum Gasteiger partial charge on any atom is 0.376 e. The molecule has 0 rings (SSSR count). The minimum absolute atomic E-state index is 0.00625. The van der Waals surface area contributed by atoms with Crippen LogP contribution in [0.1, 0.15) is 20.8 Å². The van der Waals surface area contributed by atoms with Crippen LogP contribution in [0.4, 0.5) is 0 Å². The molecule has 0 saturated heterocycles. The zero-order chi connectivity index (χ0) is 14.8. The third-order valence-electron chi connectivity index (χ3n) is 2.47. The van der Waals surface area contributed by atoms with E-state index in [-0.39, 0.29) is 5.04 Å². The topological polar surface area (TPSA) is 42.5 Å². The van der Waals surface area contributed by atoms with Crippen LogP contribution in [0.15, 0.2) is 0 Å². The fourth-order valence-electron chi connectivity index (χ4n) is 0.828. The lowest BCUT2D eigenvalue weighted by Gasteiger charge is -2.40. The van der Waals surface area contributed by atoms with Crippen LogP contribution in [0.2, 0.25) is 50.9 Å². The minimum Gasteiger partial charge on any atom is -0.318 e. The van der Waals surface area contributed by atoms with Crippen molar-refractivity contribution in [3.63, 3.8) is 0 Å². The van der Waals surface area contributed by atoms with Crippen molar-refractivity contribution in [2.24, 2.45) is 0 Å². The van der Waals surface area contributed by atoms with E-state index in [9.17, 15) is 0 Å². The van der Waals surface area contributed by atoms with Crippen LogP contribution in [-0.4, -0.2) is 25.0 Å². The van der Waals surface area contributed by atoms with E-state index < -0.39 is 25.0 Å². The first kappa shape index (κ1) is 18.5. The predicted molar refractivity (Wildman–Crippen MR) is 86.5 cm³/mol. The Morgan fingerprint density at radius 1 is 0.667 bits per heavy atom. The molecule has 7 heteroatoms. The van der Waals surface area contributed by atoms with Crippen molar-refractivity contribution in [2.45, 2.75) is 71.6 Å². The van der Waals surface area contributed by atoms with E-state index in [4.69, 9.17) is 9.05 Å². The molecule has 0 bridgehead atoms. The fourth-order valence-corrected chi connectivity index (χ4v) is 5.49. The summed E-state index contributed by atoms with van der Waals surface area (Å²) < 4.78 is 12.1. The van der Waals surface area contributed by atoms with Gasteiger partial charge in [0.25, 0.3) is 0 Å². The first-order chi connectivity index (χ1) is 7.66. The van der Waals surface area contributed by atoms with Crippen LogP contribution < -0.4 is 10.3 Å². The van der Waals surface area contributed by atoms with Crippen molar-refractivity contribution in [1.82, 2.24) is 10.3 Å². The molecule has 2 N–H and O–H groups in total. The number of nitrogens with one attached hydrogen (secondary N) is 2. The third-order valence-corrected chi connectivity index (χ3v) is 8.01. The SMILES string of the molecule is CC(C)(C)[Si](C)(ON[Si](C)(C)C)ON[Si](C)(C)C. The summed E-state index contributed by atoms with van der Waals surface area (Å²) in [6.07, 6.45) is 0. The molecular formula is C11H32N2O2Si3. The first-order valence-electron chi connectivity index (χ1n) is 6.57. The van der Waals surface area contributed by atoms with Gasteiger partial charge in [-0.3, -0.25) is 0 Å². The smallest absolute Gasteiger partial charge is 0.318 e. The molecule has 4 nitrogen and oxygen atoms in total. The summed E-state index contributed by atoms with van der Waals surface area (Å²) in [5, 5.41) is 6.52. The van der Waals surface area contributed by atoms with Gasteiger partial charge in [0, 0.05) is 5.04 Å². The Morgan fingerprint density at radius 2 is 0.944 bits per heavy atom. The van der Waals surface area contributed by atoms with Gasteiger partial charge < -0.3 is 9.05 Å². The molecule has 0 aromatic carbocycles. The highest BCUT2D eigenvalue weighted by atomic mass is 28.4. The van der Waals surface area contributed by atoms with Crippen LogP contribution in [0.3, 0.4) is 0 Å². The van der Waals surface area contributed by atoms with Crippen molar-refractivity contribution < 1.29 is 9.05 Å². The second-order valence-electron chi connectivity index (χ2n) is 8.10. The average Bonchev–Trinajstić information content (AvgIpc) is 2.07. The second-order valence-corrected chi connectivity index (χ2v) is 21.3. The second kappa shape index (κ2) is 5.86. The van der Waals surface area contributed by atoms with Crippen LogP contribution >= 0.6 is 0 Å². The highest BCUT2D eigenvalue weighted by molar-refractivity contribution is 6.76. The summed E-state index contributed by atoms with van der Waals surface area (Å²) in [5.74, 6) is 0. The van der Waals surface area contributed by atoms with E-state index in [2.05, 4.69) is 76.9 Å². The van der Waals surface area contributed by atoms with Gasteiger partial charge in [-0.25, -0.2) is 10.3 Å². The number of rotatable bonds is 6. The fraction of sp³-hybridized carbons (Fsp3) is 1.00. The van der Waals surface area contributed by atoms with Crippen LogP contribution in [0.25, 0.3) is 0 Å². The largest absolute Gasteiger partial charge is 0.376 e. The predicted octanol–water partition coefficient (Wildman–Crippen LogP) is 3.57. The van der Waals surface area contributed by atoms with Crippen molar-refractivity contribution in [3.05, 3.63) is 0 Å². The molecule has 0 atom stereocenters. The average molecular weight is 309 g/mol. The van der Waals surface area contributed by atoms with Gasteiger partial charge in [0.1, 0.15) is 16.5 Å². The Hall–Kier alpha value is 0.491. The molecule has 18 heavy (non-hydrogen) atoms. The molecule has 0 amide bonds. The summed E-state index contributed by atoms with van der Waals surface area (Å²) in [5.41, 5.74) is 0. The molecule has 0 saturated carbocycles. The maximum absolute atomic E-state index is 6.04. The lowest BCUT2D eigenvalue weighted by molar-refractivity contribution is 0.102. The quantitative estimate of drug-likeness (QED) is 0.581. The van der Waals surface area contributed by atoms with Gasteiger partial charge >= 0.3 is 8.56 Å². The molecule has 0 radical (unpaired) electrons. The van der Waals surface area contributed by atoms with Crippen LogP contribution in [0.5, 0.6) is 0 Å². The highest BCUT2D eigenvalue weighted by Gasteiger charge is 2.47. The van der Waals surface area contributed by atoms with Gasteiger partial charge in [0.15, 0.2) is 0 Å². The molecular weight excluding hydrogens is 276 g/mol. The molecule has 0 aliphatic heterocycles. The summed E-state index contributed by atoms with van der Waals surface area (Å²) in [4.78, 5) is 0. The Balaban J connectivity index is 4.76. The summed E-state index contributed by atoms with van der Waals surface area (Å²) in [7, 11) is -5.23. The van der Waals surface area contributed by atoms with E-state index in [0.29, 0.717) is 0 Å². The molecule has 0 heterocycles. The van der Waals surface area contributed by atoms with Gasteiger partial charge in [-0.05, 0) is 6.55 Å². The molecule has 0 spiro atoms. The van der Waals surface area contributed by atoms with Gasteiger partial charge in [0.2, 0.25) is 0 Å². The maximum atomic E-state index is 6.04. The highest BCUT2D eigenvalue weighted by Crippen LogP contribution is 2.36. The van der Waals surface area contributed by atoms with Gasteiger partial charge in [-0.1, -0.05) is 60.1 Å². The minimum atomic E-state index is -2.32. The number of hydrogen-bond donors (Lipinski definition) is 2. The van der Waals surface area contributed by atoms with Crippen LogP contribution in [0, 0.1) is 0 Å². The van der Waals surface area contributed by atoms with Crippen LogP contribution in [-0.2, 0) is 9.05 Å². The summed E-state index contributed by atoms with van der Waals surface area (Å²) in [6.45, 7) is 22.0. The Kier molecular flexibility index (Phi) is 6.02. The molecule has 0 unspecified atom stereocenters. The van der Waals surface area contributed by atoms with Crippen molar-refractivity contribution in [1.29, 1.82) is 0 Å². The zero-order valence-corrected chi connectivity index (χ0v) is 16.8. The van der Waals surface area contributed by atoms with Gasteiger partial charge in [-0.2, -0.15) is 0 Å². The van der Waals surface area contributed by atoms with Gasteiger partial charge in [-0.15, -0.1) is 0 Å². The Bertz CT molecular complexity index is 249. The third kappa shape index (κ3) is 7.17. The summed E-state index contributed by atoms with van der Waals surface area (Å²) in [6, 6.07) is 0. The zero-order valence-electron chi connectivity index (χ0n) is 13.8. The summed E-state index contributed by atoms with van der Waals surface area (Å²) >= 11 is 0. The number of hydrogen-bond acceptors (Lipinski definition) is 4. The standard InChI is InChI=1S/C11H32N2O2Si3/c1-11(2,3)18(10,14-12-16(4,5)6)15-13-17(7,8)9/h12-13H,1-10H3. The van der Waals surface area contributed by atoms with E-state index in [0.717, 1.165) is 0 Å². The monoisotopic (exact) mass is 308 g/mol. The van der Waals surface area contributed by atoms with E-state index in [1.807, 2.05) is 0 Å².